The molecule has 8 heteroatoms. The van der Waals surface area contributed by atoms with E-state index in [1.165, 1.54) is 0 Å². The minimum atomic E-state index is 0.0659. The van der Waals surface area contributed by atoms with Gasteiger partial charge < -0.3 is 10.2 Å². The average Bonchev–Trinajstić information content (AvgIpc) is 3.06. The predicted molar refractivity (Wildman–Crippen MR) is 129 cm³/mol. The molecule has 0 bridgehead atoms. The van der Waals surface area contributed by atoms with Gasteiger partial charge in [-0.15, -0.1) is 0 Å². The molecule has 0 atom stereocenters. The van der Waals surface area contributed by atoms with Crippen LogP contribution in [0, 0.1) is 26.7 Å². The van der Waals surface area contributed by atoms with E-state index < -0.39 is 0 Å². The summed E-state index contributed by atoms with van der Waals surface area (Å²) in [6.45, 7) is 7.52. The lowest BCUT2D eigenvalue weighted by molar-refractivity contribution is -0.127. The van der Waals surface area contributed by atoms with Crippen LogP contribution in [0.5, 0.6) is 0 Å². The largest absolute Gasteiger partial charge is 0.339 e. The van der Waals surface area contributed by atoms with Crippen molar-refractivity contribution in [2.75, 3.05) is 18.4 Å². The number of aryl methyl sites for hydroxylation is 3. The number of carbonyl (C=O) groups is 1. The van der Waals surface area contributed by atoms with Gasteiger partial charge in [-0.05, 0) is 63.7 Å². The van der Waals surface area contributed by atoms with Crippen LogP contribution in [-0.2, 0) is 18.3 Å². The fraction of sp³-hybridized carbons (Fsp3) is 0.400. The summed E-state index contributed by atoms with van der Waals surface area (Å²) in [6, 6.07) is 3.91. The van der Waals surface area contributed by atoms with Crippen LogP contribution in [-0.4, -0.2) is 48.6 Å². The fourth-order valence-corrected chi connectivity index (χ4v) is 4.21. The second-order valence-electron chi connectivity index (χ2n) is 8.70. The molecular formula is C25H31N7O. The number of nitrogens with one attached hydrogen (secondary N) is 1. The Morgan fingerprint density at radius 3 is 2.58 bits per heavy atom. The van der Waals surface area contributed by atoms with Gasteiger partial charge >= 0.3 is 0 Å². The van der Waals surface area contributed by atoms with Crippen molar-refractivity contribution in [3.63, 3.8) is 0 Å². The Hall–Kier alpha value is -3.55. The number of likely N-dealkylation sites (tertiary alicyclic amines) is 1. The second kappa shape index (κ2) is 9.94. The van der Waals surface area contributed by atoms with Gasteiger partial charge in [0.1, 0.15) is 11.6 Å². The van der Waals surface area contributed by atoms with Crippen LogP contribution in [0.4, 0.5) is 11.6 Å². The van der Waals surface area contributed by atoms with Gasteiger partial charge in [-0.2, -0.15) is 5.10 Å². The van der Waals surface area contributed by atoms with Crippen LogP contribution in [0.3, 0.4) is 0 Å². The Morgan fingerprint density at radius 1 is 1.15 bits per heavy atom. The summed E-state index contributed by atoms with van der Waals surface area (Å²) in [5.41, 5.74) is 5.06. The number of hydrogen-bond acceptors (Lipinski definition) is 6. The molecule has 3 aromatic rings. The van der Waals surface area contributed by atoms with E-state index in [1.807, 2.05) is 61.8 Å². The first-order valence-electron chi connectivity index (χ1n) is 11.4. The maximum absolute atomic E-state index is 12.7. The van der Waals surface area contributed by atoms with Crippen molar-refractivity contribution in [3.05, 3.63) is 65.0 Å². The number of carbonyl (C=O) groups excluding carboxylic acids is 1. The summed E-state index contributed by atoms with van der Waals surface area (Å²) in [7, 11) is 1.92. The second-order valence-corrected chi connectivity index (χ2v) is 8.70. The van der Waals surface area contributed by atoms with Gasteiger partial charge in [-0.1, -0.05) is 6.07 Å². The molecule has 1 N–H and O–H groups in total. The highest BCUT2D eigenvalue weighted by Crippen LogP contribution is 2.22. The average molecular weight is 446 g/mol. The number of pyridine rings is 1. The number of nitrogens with zero attached hydrogens (tertiary/aromatic N) is 6. The molecule has 3 aromatic heterocycles. The molecule has 0 radical (unpaired) electrons. The number of hydrogen-bond donors (Lipinski definition) is 1. The van der Waals surface area contributed by atoms with Gasteiger partial charge in [-0.25, -0.2) is 9.97 Å². The Bertz CT molecular complexity index is 1140. The summed E-state index contributed by atoms with van der Waals surface area (Å²) in [5.74, 6) is 2.05. The van der Waals surface area contributed by atoms with Crippen LogP contribution in [0.25, 0.3) is 6.08 Å². The molecule has 1 fully saturated rings. The number of aromatic nitrogens is 5. The van der Waals surface area contributed by atoms with Crippen LogP contribution in [0.15, 0.2) is 36.8 Å². The molecule has 1 aliphatic heterocycles. The van der Waals surface area contributed by atoms with E-state index in [2.05, 4.69) is 25.4 Å². The number of piperidine rings is 1. The van der Waals surface area contributed by atoms with Crippen LogP contribution in [0.2, 0.25) is 0 Å². The maximum Gasteiger partial charge on any atom is 0.246 e. The summed E-state index contributed by atoms with van der Waals surface area (Å²) in [5, 5.41) is 7.62. The summed E-state index contributed by atoms with van der Waals surface area (Å²) >= 11 is 0. The zero-order valence-electron chi connectivity index (χ0n) is 19.7. The summed E-state index contributed by atoms with van der Waals surface area (Å²) in [6.07, 6.45) is 11.7. The van der Waals surface area contributed by atoms with Gasteiger partial charge in [0.05, 0.1) is 23.8 Å². The molecule has 1 amide bonds. The first-order chi connectivity index (χ1) is 15.9. The molecule has 1 aliphatic rings. The van der Waals surface area contributed by atoms with Crippen LogP contribution >= 0.6 is 0 Å². The number of rotatable bonds is 6. The SMILES string of the molecule is Cc1cccnc1Nc1cnc(CC2CCN(C(=O)/C=C/c3c(C)nn(C)c3C)CC2)cn1. The predicted octanol–water partition coefficient (Wildman–Crippen LogP) is 3.77. The van der Waals surface area contributed by atoms with Crippen molar-refractivity contribution in [2.45, 2.75) is 40.0 Å². The quantitative estimate of drug-likeness (QED) is 0.581. The standard InChI is InChI=1S/C25H31N7O/c1-17-6-5-11-26-25(17)29-23-16-27-21(15-28-23)14-20-9-12-32(13-10-20)24(33)8-7-22-18(2)30-31(4)19(22)3/h5-8,11,15-16,20H,9-10,12-14H2,1-4H3,(H,26,28,29)/b8-7+. The highest BCUT2D eigenvalue weighted by Gasteiger charge is 2.22. The van der Waals surface area contributed by atoms with Crippen molar-refractivity contribution in [3.8, 4) is 0 Å². The van der Waals surface area contributed by atoms with Gasteiger partial charge in [0.15, 0.2) is 0 Å². The summed E-state index contributed by atoms with van der Waals surface area (Å²) < 4.78 is 1.84. The lowest BCUT2D eigenvalue weighted by Gasteiger charge is -2.31. The minimum Gasteiger partial charge on any atom is -0.339 e. The topological polar surface area (TPSA) is 88.8 Å². The Labute approximate surface area is 194 Å². The molecule has 0 aromatic carbocycles. The van der Waals surface area contributed by atoms with Crippen molar-refractivity contribution >= 4 is 23.6 Å². The van der Waals surface area contributed by atoms with E-state index in [0.717, 1.165) is 66.4 Å². The number of anilines is 2. The highest BCUT2D eigenvalue weighted by atomic mass is 16.2. The first kappa shape index (κ1) is 22.6. The Kier molecular flexibility index (Phi) is 6.82. The normalized spacial score (nSPS) is 14.7. The third-order valence-electron chi connectivity index (χ3n) is 6.34. The Balaban J connectivity index is 1.27. The molecule has 0 spiro atoms. The molecule has 33 heavy (non-hydrogen) atoms. The third kappa shape index (κ3) is 5.45. The lowest BCUT2D eigenvalue weighted by Crippen LogP contribution is -2.38. The summed E-state index contributed by atoms with van der Waals surface area (Å²) in [4.78, 5) is 28.0. The molecule has 1 saturated heterocycles. The smallest absolute Gasteiger partial charge is 0.246 e. The van der Waals surface area contributed by atoms with Gasteiger partial charge in [0.25, 0.3) is 0 Å². The van der Waals surface area contributed by atoms with E-state index in [0.29, 0.717) is 11.7 Å². The fourth-order valence-electron chi connectivity index (χ4n) is 4.21. The van der Waals surface area contributed by atoms with Crippen molar-refractivity contribution in [1.82, 2.24) is 29.6 Å². The Morgan fingerprint density at radius 2 is 1.94 bits per heavy atom. The molecular weight excluding hydrogens is 414 g/mol. The molecule has 4 heterocycles. The van der Waals surface area contributed by atoms with E-state index in [1.54, 1.807) is 18.5 Å². The monoisotopic (exact) mass is 445 g/mol. The molecule has 0 unspecified atom stereocenters. The minimum absolute atomic E-state index is 0.0659. The van der Waals surface area contributed by atoms with E-state index in [9.17, 15) is 4.79 Å². The lowest BCUT2D eigenvalue weighted by atomic mass is 9.92. The molecule has 0 aliphatic carbocycles. The highest BCUT2D eigenvalue weighted by molar-refractivity contribution is 5.92. The van der Waals surface area contributed by atoms with Crippen molar-refractivity contribution in [2.24, 2.45) is 13.0 Å². The molecule has 0 saturated carbocycles. The maximum atomic E-state index is 12.7. The van der Waals surface area contributed by atoms with Crippen LogP contribution in [0.1, 0.15) is 41.1 Å². The van der Waals surface area contributed by atoms with Crippen molar-refractivity contribution < 1.29 is 4.79 Å². The van der Waals surface area contributed by atoms with Crippen LogP contribution < -0.4 is 5.32 Å². The molecule has 8 nitrogen and oxygen atoms in total. The zero-order chi connectivity index (χ0) is 23.4. The van der Waals surface area contributed by atoms with Crippen molar-refractivity contribution in [1.29, 1.82) is 0 Å². The van der Waals surface area contributed by atoms with Gasteiger partial charge in [0, 0.05) is 43.7 Å². The van der Waals surface area contributed by atoms with Gasteiger partial charge in [-0.3, -0.25) is 14.5 Å². The van der Waals surface area contributed by atoms with E-state index >= 15 is 0 Å². The molecule has 172 valence electrons. The zero-order valence-corrected chi connectivity index (χ0v) is 19.7. The number of amides is 1. The first-order valence-corrected chi connectivity index (χ1v) is 11.4. The third-order valence-corrected chi connectivity index (χ3v) is 6.34. The van der Waals surface area contributed by atoms with E-state index in [4.69, 9.17) is 0 Å². The van der Waals surface area contributed by atoms with E-state index in [-0.39, 0.29) is 5.91 Å². The van der Waals surface area contributed by atoms with Gasteiger partial charge in [0.2, 0.25) is 5.91 Å². The molecule has 4 rings (SSSR count).